The molecular formula is C32H39N3O4. The average molecular weight is 530 g/mol. The Labute approximate surface area is 231 Å². The van der Waals surface area contributed by atoms with Gasteiger partial charge in [-0.2, -0.15) is 0 Å². The van der Waals surface area contributed by atoms with E-state index >= 15 is 0 Å². The number of hydrogen-bond donors (Lipinski definition) is 1. The summed E-state index contributed by atoms with van der Waals surface area (Å²) in [6, 6.07) is 18.2. The van der Waals surface area contributed by atoms with E-state index in [-0.39, 0.29) is 17.7 Å². The SMILES string of the molecule is COc1cc(OC)cc(OCc2cccc([C@H]3CCNC[C@@H]3C(=O)N(Cc3cccc(C)c3C)C3CC3)n2)c1. The molecule has 7 heteroatoms. The number of carbonyl (C=O) groups excluding carboxylic acids is 1. The Balaban J connectivity index is 1.33. The molecule has 1 aliphatic heterocycles. The van der Waals surface area contributed by atoms with Crippen molar-refractivity contribution in [2.24, 2.45) is 5.92 Å². The summed E-state index contributed by atoms with van der Waals surface area (Å²) in [6.45, 7) is 6.83. The van der Waals surface area contributed by atoms with E-state index in [1.54, 1.807) is 14.2 Å². The number of benzene rings is 2. The first-order valence-electron chi connectivity index (χ1n) is 13.8. The number of carbonyl (C=O) groups is 1. The number of nitrogens with zero attached hydrogens (tertiary/aromatic N) is 2. The van der Waals surface area contributed by atoms with Crippen molar-refractivity contribution < 1.29 is 19.0 Å². The number of pyridine rings is 1. The summed E-state index contributed by atoms with van der Waals surface area (Å²) < 4.78 is 16.8. The fourth-order valence-corrected chi connectivity index (χ4v) is 5.43. The summed E-state index contributed by atoms with van der Waals surface area (Å²) in [4.78, 5) is 21.2. The van der Waals surface area contributed by atoms with Crippen LogP contribution in [0.15, 0.2) is 54.6 Å². The summed E-state index contributed by atoms with van der Waals surface area (Å²) in [7, 11) is 3.24. The van der Waals surface area contributed by atoms with Gasteiger partial charge in [0.2, 0.25) is 5.91 Å². The van der Waals surface area contributed by atoms with Gasteiger partial charge in [-0.3, -0.25) is 9.78 Å². The number of methoxy groups -OCH3 is 2. The number of aromatic nitrogens is 1. The fourth-order valence-electron chi connectivity index (χ4n) is 5.43. The van der Waals surface area contributed by atoms with Crippen LogP contribution in [0.25, 0.3) is 0 Å². The summed E-state index contributed by atoms with van der Waals surface area (Å²) in [5.74, 6) is 2.15. The molecule has 2 atom stereocenters. The molecule has 5 rings (SSSR count). The number of nitrogens with one attached hydrogen (secondary N) is 1. The minimum absolute atomic E-state index is 0.0652. The largest absolute Gasteiger partial charge is 0.496 e. The third kappa shape index (κ3) is 6.36. The zero-order chi connectivity index (χ0) is 27.4. The third-order valence-corrected chi connectivity index (χ3v) is 8.05. The van der Waals surface area contributed by atoms with Gasteiger partial charge in [-0.1, -0.05) is 24.3 Å². The van der Waals surface area contributed by atoms with Crippen LogP contribution >= 0.6 is 0 Å². The van der Waals surface area contributed by atoms with E-state index in [2.05, 4.69) is 48.3 Å². The Morgan fingerprint density at radius 3 is 2.41 bits per heavy atom. The van der Waals surface area contributed by atoms with Crippen LogP contribution in [-0.4, -0.2) is 49.1 Å². The van der Waals surface area contributed by atoms with Gasteiger partial charge in [0.15, 0.2) is 0 Å². The first kappa shape index (κ1) is 27.0. The van der Waals surface area contributed by atoms with E-state index in [0.717, 1.165) is 37.2 Å². The number of amides is 1. The lowest BCUT2D eigenvalue weighted by Crippen LogP contribution is -2.47. The second-order valence-corrected chi connectivity index (χ2v) is 10.7. The molecule has 1 saturated heterocycles. The molecule has 2 fully saturated rings. The molecule has 2 aliphatic rings. The topological polar surface area (TPSA) is 72.9 Å². The second kappa shape index (κ2) is 12.1. The van der Waals surface area contributed by atoms with Gasteiger partial charge in [0.05, 0.1) is 25.8 Å². The van der Waals surface area contributed by atoms with Crippen molar-refractivity contribution in [1.29, 1.82) is 0 Å². The number of rotatable bonds is 10. The summed E-state index contributed by atoms with van der Waals surface area (Å²) in [6.07, 6.45) is 3.05. The molecule has 3 aromatic rings. The quantitative estimate of drug-likeness (QED) is 0.390. The molecule has 7 nitrogen and oxygen atoms in total. The highest BCUT2D eigenvalue weighted by Crippen LogP contribution is 2.36. The van der Waals surface area contributed by atoms with Gasteiger partial charge >= 0.3 is 0 Å². The van der Waals surface area contributed by atoms with E-state index in [9.17, 15) is 4.79 Å². The van der Waals surface area contributed by atoms with Crippen LogP contribution in [0.4, 0.5) is 0 Å². The van der Waals surface area contributed by atoms with E-state index in [0.29, 0.717) is 43.0 Å². The van der Waals surface area contributed by atoms with E-state index in [4.69, 9.17) is 19.2 Å². The first-order valence-corrected chi connectivity index (χ1v) is 13.8. The first-order chi connectivity index (χ1) is 19.0. The van der Waals surface area contributed by atoms with Crippen LogP contribution in [0.3, 0.4) is 0 Å². The Morgan fingerprint density at radius 2 is 1.69 bits per heavy atom. The number of piperidine rings is 1. The molecule has 39 heavy (non-hydrogen) atoms. The van der Waals surface area contributed by atoms with Crippen molar-refractivity contribution >= 4 is 5.91 Å². The van der Waals surface area contributed by atoms with Crippen molar-refractivity contribution in [3.8, 4) is 17.2 Å². The molecule has 0 radical (unpaired) electrons. The van der Waals surface area contributed by atoms with Crippen molar-refractivity contribution in [3.63, 3.8) is 0 Å². The highest BCUT2D eigenvalue weighted by atomic mass is 16.5. The van der Waals surface area contributed by atoms with Gasteiger partial charge in [-0.05, 0) is 68.5 Å². The van der Waals surface area contributed by atoms with Crippen molar-refractivity contribution in [1.82, 2.24) is 15.2 Å². The van der Waals surface area contributed by atoms with Crippen molar-refractivity contribution in [2.45, 2.75) is 58.2 Å². The Kier molecular flexibility index (Phi) is 8.36. The van der Waals surface area contributed by atoms with E-state index < -0.39 is 0 Å². The highest BCUT2D eigenvalue weighted by Gasteiger charge is 2.40. The molecule has 0 spiro atoms. The second-order valence-electron chi connectivity index (χ2n) is 10.7. The maximum atomic E-state index is 14.1. The molecule has 1 aliphatic carbocycles. The minimum atomic E-state index is -0.143. The number of hydrogen-bond acceptors (Lipinski definition) is 6. The molecule has 1 N–H and O–H groups in total. The van der Waals surface area contributed by atoms with Crippen LogP contribution in [0.1, 0.15) is 53.3 Å². The lowest BCUT2D eigenvalue weighted by Gasteiger charge is -2.35. The predicted molar refractivity (Wildman–Crippen MR) is 151 cm³/mol. The zero-order valence-electron chi connectivity index (χ0n) is 23.4. The normalized spacial score (nSPS) is 18.9. The molecule has 206 valence electrons. The summed E-state index contributed by atoms with van der Waals surface area (Å²) in [5.41, 5.74) is 5.57. The summed E-state index contributed by atoms with van der Waals surface area (Å²) >= 11 is 0. The fraction of sp³-hybridized carbons (Fsp3) is 0.438. The highest BCUT2D eigenvalue weighted by molar-refractivity contribution is 5.81. The van der Waals surface area contributed by atoms with Gasteiger partial charge in [0.25, 0.3) is 0 Å². The van der Waals surface area contributed by atoms with Gasteiger partial charge < -0.3 is 24.4 Å². The van der Waals surface area contributed by atoms with E-state index in [1.165, 1.54) is 16.7 Å². The number of ether oxygens (including phenoxy) is 3. The maximum Gasteiger partial charge on any atom is 0.228 e. The van der Waals surface area contributed by atoms with Gasteiger partial charge in [-0.25, -0.2) is 0 Å². The van der Waals surface area contributed by atoms with Crippen molar-refractivity contribution in [2.75, 3.05) is 27.3 Å². The molecular weight excluding hydrogens is 490 g/mol. The van der Waals surface area contributed by atoms with Crippen LogP contribution in [0, 0.1) is 19.8 Å². The Morgan fingerprint density at radius 1 is 0.974 bits per heavy atom. The predicted octanol–water partition coefficient (Wildman–Crippen LogP) is 5.18. The standard InChI is InChI=1S/C32H39N3O4/c1-21-7-5-8-23(22(21)2)19-35(25-11-12-25)32(36)30-18-33-14-13-29(30)31-10-6-9-24(34-31)20-39-28-16-26(37-3)15-27(17-28)38-4/h5-10,15-17,25,29-30,33H,11-14,18-20H2,1-4H3/t29-,30-/m0/s1. The molecule has 2 heterocycles. The minimum Gasteiger partial charge on any atom is -0.496 e. The smallest absolute Gasteiger partial charge is 0.228 e. The van der Waals surface area contributed by atoms with Crippen LogP contribution in [-0.2, 0) is 17.9 Å². The Hall–Kier alpha value is -3.58. The summed E-state index contributed by atoms with van der Waals surface area (Å²) in [5, 5.41) is 3.47. The monoisotopic (exact) mass is 529 g/mol. The van der Waals surface area contributed by atoms with Gasteiger partial charge in [-0.15, -0.1) is 0 Å². The molecule has 1 amide bonds. The lowest BCUT2D eigenvalue weighted by molar-refractivity contribution is -0.138. The van der Waals surface area contributed by atoms with E-state index in [1.807, 2.05) is 30.3 Å². The molecule has 0 unspecified atom stereocenters. The zero-order valence-corrected chi connectivity index (χ0v) is 23.4. The number of aryl methyl sites for hydroxylation is 1. The van der Waals surface area contributed by atoms with Crippen molar-refractivity contribution in [3.05, 3.63) is 82.7 Å². The van der Waals surface area contributed by atoms with Crippen LogP contribution in [0.2, 0.25) is 0 Å². The maximum absolute atomic E-state index is 14.1. The average Bonchev–Trinajstić information content (AvgIpc) is 3.82. The molecule has 1 saturated carbocycles. The molecule has 0 bridgehead atoms. The van der Waals surface area contributed by atoms with Gasteiger partial charge in [0, 0.05) is 48.9 Å². The van der Waals surface area contributed by atoms with Crippen LogP contribution in [0.5, 0.6) is 17.2 Å². The van der Waals surface area contributed by atoms with Gasteiger partial charge in [0.1, 0.15) is 23.9 Å². The molecule has 2 aromatic carbocycles. The molecule has 1 aromatic heterocycles. The van der Waals surface area contributed by atoms with Crippen LogP contribution < -0.4 is 19.5 Å². The Bertz CT molecular complexity index is 1280. The third-order valence-electron chi connectivity index (χ3n) is 8.05. The lowest BCUT2D eigenvalue weighted by atomic mass is 9.82.